The van der Waals surface area contributed by atoms with Crippen LogP contribution in [0.15, 0.2) is 72.9 Å². The number of unbranched alkanes of at least 4 members (excludes halogenated alkanes) is 41. The Morgan fingerprint density at radius 3 is 0.800 bits per heavy atom. The molecule has 1 unspecified atom stereocenters. The molecule has 0 saturated heterocycles. The van der Waals surface area contributed by atoms with Crippen LogP contribution in [0.4, 0.5) is 0 Å². The molecule has 0 bridgehead atoms. The van der Waals surface area contributed by atoms with Gasteiger partial charge in [-0.3, -0.25) is 14.4 Å². The van der Waals surface area contributed by atoms with E-state index in [4.69, 9.17) is 14.2 Å². The Balaban J connectivity index is 4.23. The third-order valence-corrected chi connectivity index (χ3v) is 15.4. The second kappa shape index (κ2) is 68.3. The summed E-state index contributed by atoms with van der Waals surface area (Å²) in [6.45, 7) is 6.54. The predicted octanol–water partition coefficient (Wildman–Crippen LogP) is 24.1. The van der Waals surface area contributed by atoms with E-state index in [1.54, 1.807) is 0 Å². The van der Waals surface area contributed by atoms with Gasteiger partial charge < -0.3 is 14.2 Å². The zero-order chi connectivity index (χ0) is 57.8. The average Bonchev–Trinajstić information content (AvgIpc) is 3.46. The number of esters is 3. The van der Waals surface area contributed by atoms with E-state index in [0.717, 1.165) is 89.9 Å². The van der Waals surface area contributed by atoms with Crippen LogP contribution < -0.4 is 0 Å². The molecule has 0 radical (unpaired) electrons. The van der Waals surface area contributed by atoms with Crippen molar-refractivity contribution in [2.45, 2.75) is 367 Å². The van der Waals surface area contributed by atoms with Gasteiger partial charge >= 0.3 is 17.9 Å². The van der Waals surface area contributed by atoms with Gasteiger partial charge in [0.15, 0.2) is 6.10 Å². The standard InChI is InChI=1S/C74H132O6/c1-4-7-10-13-16-19-22-25-27-29-31-33-35-36-37-38-40-41-43-45-47-49-52-55-58-61-64-67-73(76)79-70-71(69-78-72(75)66-63-60-57-54-51-24-21-18-15-12-9-6-3)80-74(77)68-65-62-59-56-53-50-48-46-44-42-39-34-32-30-28-26-23-20-17-14-11-8-5-2/h8,11,17-18,20-21,26,28-29,31-32,34,71H,4-7,9-10,12-16,19,22-25,27,30,33,35-70H2,1-3H3/b11-8-,20-17-,21-18-,28-26-,31-29-,34-32-. The molecule has 0 heterocycles. The van der Waals surface area contributed by atoms with E-state index in [-0.39, 0.29) is 31.1 Å². The van der Waals surface area contributed by atoms with E-state index in [9.17, 15) is 14.4 Å². The van der Waals surface area contributed by atoms with Gasteiger partial charge in [0.05, 0.1) is 0 Å². The minimum Gasteiger partial charge on any atom is -0.462 e. The predicted molar refractivity (Wildman–Crippen MR) is 348 cm³/mol. The van der Waals surface area contributed by atoms with E-state index in [1.165, 1.54) is 231 Å². The molecule has 1 atom stereocenters. The molecule has 0 rings (SSSR count). The van der Waals surface area contributed by atoms with Crippen molar-refractivity contribution >= 4 is 17.9 Å². The molecule has 0 aromatic rings. The molecular weight excluding hydrogens is 985 g/mol. The largest absolute Gasteiger partial charge is 0.462 e. The zero-order valence-corrected chi connectivity index (χ0v) is 53.3. The SMILES string of the molecule is CC/C=C\C/C=C\C/C=C\C/C=C\CCCCCCCCCCCCC(=O)OC(COC(=O)CCCCCCC/C=C\CCCCC)COC(=O)CCCCCCCCCCCCCCCCC/C=C\CCCCCCCCCC. The molecule has 6 heteroatoms. The number of carbonyl (C=O) groups is 3. The summed E-state index contributed by atoms with van der Waals surface area (Å²) >= 11 is 0. The number of ether oxygens (including phenoxy) is 3. The molecule has 0 aliphatic heterocycles. The lowest BCUT2D eigenvalue weighted by Crippen LogP contribution is -2.30. The summed E-state index contributed by atoms with van der Waals surface area (Å²) in [6.07, 6.45) is 89.3. The van der Waals surface area contributed by atoms with Crippen molar-refractivity contribution < 1.29 is 28.6 Å². The summed E-state index contributed by atoms with van der Waals surface area (Å²) in [7, 11) is 0. The molecular formula is C74H132O6. The highest BCUT2D eigenvalue weighted by atomic mass is 16.6. The average molecular weight is 1120 g/mol. The molecule has 80 heavy (non-hydrogen) atoms. The Bertz CT molecular complexity index is 1470. The van der Waals surface area contributed by atoms with Gasteiger partial charge in [0.25, 0.3) is 0 Å². The number of carbonyl (C=O) groups excluding carboxylic acids is 3. The van der Waals surface area contributed by atoms with Gasteiger partial charge in [0, 0.05) is 19.3 Å². The monoisotopic (exact) mass is 1120 g/mol. The van der Waals surface area contributed by atoms with E-state index in [2.05, 4.69) is 93.7 Å². The van der Waals surface area contributed by atoms with Crippen molar-refractivity contribution in [3.8, 4) is 0 Å². The normalized spacial score (nSPS) is 12.5. The van der Waals surface area contributed by atoms with Crippen LogP contribution >= 0.6 is 0 Å². The fourth-order valence-corrected chi connectivity index (χ4v) is 10.2. The van der Waals surface area contributed by atoms with E-state index in [1.807, 2.05) is 0 Å². The lowest BCUT2D eigenvalue weighted by Gasteiger charge is -2.18. The topological polar surface area (TPSA) is 78.9 Å². The molecule has 0 amide bonds. The van der Waals surface area contributed by atoms with Crippen molar-refractivity contribution in [1.29, 1.82) is 0 Å². The summed E-state index contributed by atoms with van der Waals surface area (Å²) in [5, 5.41) is 0. The Hall–Kier alpha value is -3.15. The van der Waals surface area contributed by atoms with Crippen molar-refractivity contribution in [3.63, 3.8) is 0 Å². The highest BCUT2D eigenvalue weighted by molar-refractivity contribution is 5.71. The number of allylic oxidation sites excluding steroid dienone is 12. The molecule has 6 nitrogen and oxygen atoms in total. The summed E-state index contributed by atoms with van der Waals surface area (Å²) in [5.74, 6) is -0.872. The minimum atomic E-state index is -0.781. The number of hydrogen-bond acceptors (Lipinski definition) is 6. The second-order valence-electron chi connectivity index (χ2n) is 23.4. The molecule has 0 saturated carbocycles. The Morgan fingerprint density at radius 2 is 0.487 bits per heavy atom. The highest BCUT2D eigenvalue weighted by Gasteiger charge is 2.19. The zero-order valence-electron chi connectivity index (χ0n) is 53.3. The van der Waals surface area contributed by atoms with Crippen molar-refractivity contribution in [2.75, 3.05) is 13.2 Å². The maximum Gasteiger partial charge on any atom is 0.306 e. The van der Waals surface area contributed by atoms with Gasteiger partial charge in [-0.2, -0.15) is 0 Å². The molecule has 0 aliphatic rings. The van der Waals surface area contributed by atoms with Gasteiger partial charge in [0.2, 0.25) is 0 Å². The Morgan fingerprint density at radius 1 is 0.263 bits per heavy atom. The maximum absolute atomic E-state index is 12.9. The van der Waals surface area contributed by atoms with Crippen LogP contribution in [0.5, 0.6) is 0 Å². The van der Waals surface area contributed by atoms with Gasteiger partial charge in [-0.1, -0.05) is 306 Å². The number of hydrogen-bond donors (Lipinski definition) is 0. The summed E-state index contributed by atoms with van der Waals surface area (Å²) < 4.78 is 17.0. The van der Waals surface area contributed by atoms with Gasteiger partial charge in [-0.15, -0.1) is 0 Å². The molecule has 0 aliphatic carbocycles. The lowest BCUT2D eigenvalue weighted by atomic mass is 10.0. The third kappa shape index (κ3) is 65.7. The van der Waals surface area contributed by atoms with Crippen molar-refractivity contribution in [1.82, 2.24) is 0 Å². The molecule has 464 valence electrons. The fourth-order valence-electron chi connectivity index (χ4n) is 10.2. The molecule has 0 aromatic carbocycles. The Labute approximate surface area is 497 Å². The van der Waals surface area contributed by atoms with E-state index >= 15 is 0 Å². The first-order valence-electron chi connectivity index (χ1n) is 34.9. The van der Waals surface area contributed by atoms with Crippen LogP contribution in [0, 0.1) is 0 Å². The first kappa shape index (κ1) is 76.9. The van der Waals surface area contributed by atoms with Gasteiger partial charge in [0.1, 0.15) is 13.2 Å². The van der Waals surface area contributed by atoms with Crippen LogP contribution in [0.2, 0.25) is 0 Å². The van der Waals surface area contributed by atoms with Crippen molar-refractivity contribution in [2.24, 2.45) is 0 Å². The lowest BCUT2D eigenvalue weighted by molar-refractivity contribution is -0.167. The molecule has 0 N–H and O–H groups in total. The summed E-state index contributed by atoms with van der Waals surface area (Å²) in [4.78, 5) is 38.4. The van der Waals surface area contributed by atoms with Crippen molar-refractivity contribution in [3.05, 3.63) is 72.9 Å². The summed E-state index contributed by atoms with van der Waals surface area (Å²) in [5.41, 5.74) is 0. The second-order valence-corrected chi connectivity index (χ2v) is 23.4. The van der Waals surface area contributed by atoms with Crippen LogP contribution in [-0.4, -0.2) is 37.2 Å². The first-order valence-corrected chi connectivity index (χ1v) is 34.9. The molecule has 0 fully saturated rings. The Kier molecular flexibility index (Phi) is 65.7. The highest BCUT2D eigenvalue weighted by Crippen LogP contribution is 2.18. The van der Waals surface area contributed by atoms with E-state index in [0.29, 0.717) is 19.3 Å². The van der Waals surface area contributed by atoms with Crippen LogP contribution in [-0.2, 0) is 28.6 Å². The van der Waals surface area contributed by atoms with E-state index < -0.39 is 6.10 Å². The minimum absolute atomic E-state index is 0.0767. The van der Waals surface area contributed by atoms with Gasteiger partial charge in [-0.05, 0) is 109 Å². The summed E-state index contributed by atoms with van der Waals surface area (Å²) in [6, 6.07) is 0. The smallest absolute Gasteiger partial charge is 0.306 e. The third-order valence-electron chi connectivity index (χ3n) is 15.4. The molecule has 0 aromatic heterocycles. The number of rotatable bonds is 64. The van der Waals surface area contributed by atoms with Gasteiger partial charge in [-0.25, -0.2) is 0 Å². The maximum atomic E-state index is 12.9. The van der Waals surface area contributed by atoms with Crippen LogP contribution in [0.25, 0.3) is 0 Å². The quantitative estimate of drug-likeness (QED) is 0.0261. The molecule has 0 spiro atoms. The first-order chi connectivity index (χ1) is 39.5. The fraction of sp³-hybridized carbons (Fsp3) is 0.797. The van der Waals surface area contributed by atoms with Crippen LogP contribution in [0.3, 0.4) is 0 Å². The van der Waals surface area contributed by atoms with Crippen LogP contribution in [0.1, 0.15) is 361 Å².